The Kier molecular flexibility index (Phi) is 4.60. The van der Waals surface area contributed by atoms with Gasteiger partial charge in [0.15, 0.2) is 0 Å². The lowest BCUT2D eigenvalue weighted by Crippen LogP contribution is -2.51. The number of aromatic nitrogens is 1. The van der Waals surface area contributed by atoms with Gasteiger partial charge in [-0.1, -0.05) is 0 Å². The Morgan fingerprint density at radius 3 is 2.76 bits per heavy atom. The zero-order valence-electron chi connectivity index (χ0n) is 13.0. The largest absolute Gasteiger partial charge is 0.396 e. The van der Waals surface area contributed by atoms with Gasteiger partial charge in [0.2, 0.25) is 0 Å². The smallest absolute Gasteiger partial charge is 0.0738 e. The van der Waals surface area contributed by atoms with Crippen molar-refractivity contribution in [2.24, 2.45) is 0 Å². The third-order valence-corrected chi connectivity index (χ3v) is 4.78. The molecule has 21 heavy (non-hydrogen) atoms. The number of hydrogen-bond acceptors (Lipinski definition) is 5. The molecule has 2 aliphatic rings. The molecule has 3 heterocycles. The molecule has 0 saturated carbocycles. The minimum absolute atomic E-state index is 0.583. The molecular weight excluding hydrogens is 262 g/mol. The Bertz CT molecular complexity index is 456. The lowest BCUT2D eigenvalue weighted by molar-refractivity contribution is 0.219. The van der Waals surface area contributed by atoms with Crippen molar-refractivity contribution in [1.82, 2.24) is 15.2 Å². The van der Waals surface area contributed by atoms with E-state index in [-0.39, 0.29) is 0 Å². The van der Waals surface area contributed by atoms with E-state index in [1.54, 1.807) is 6.20 Å². The Morgan fingerprint density at radius 2 is 2.00 bits per heavy atom. The average Bonchev–Trinajstić information content (AvgIpc) is 2.50. The van der Waals surface area contributed by atoms with E-state index in [1.165, 1.54) is 38.8 Å². The summed E-state index contributed by atoms with van der Waals surface area (Å²) in [7, 11) is 2.21. The molecule has 0 aromatic carbocycles. The molecule has 0 amide bonds. The normalized spacial score (nSPS) is 25.2. The Balaban J connectivity index is 1.57. The summed E-state index contributed by atoms with van der Waals surface area (Å²) in [5.41, 5.74) is 7.99. The highest BCUT2D eigenvalue weighted by molar-refractivity contribution is 5.66. The van der Waals surface area contributed by atoms with Gasteiger partial charge in [-0.2, -0.15) is 0 Å². The van der Waals surface area contributed by atoms with Crippen LogP contribution in [0.5, 0.6) is 0 Å². The van der Waals surface area contributed by atoms with Crippen LogP contribution in [0, 0.1) is 0 Å². The highest BCUT2D eigenvalue weighted by Crippen LogP contribution is 2.25. The van der Waals surface area contributed by atoms with Crippen molar-refractivity contribution in [2.45, 2.75) is 37.8 Å². The molecule has 0 aliphatic carbocycles. The van der Waals surface area contributed by atoms with Gasteiger partial charge in [-0.25, -0.2) is 0 Å². The first-order valence-corrected chi connectivity index (χ1v) is 8.11. The van der Waals surface area contributed by atoms with Crippen LogP contribution in [0.3, 0.4) is 0 Å². The Hall–Kier alpha value is -1.33. The molecular formula is C16H27N5. The van der Waals surface area contributed by atoms with Crippen LogP contribution in [0.1, 0.15) is 25.7 Å². The van der Waals surface area contributed by atoms with Crippen molar-refractivity contribution < 1.29 is 0 Å². The van der Waals surface area contributed by atoms with Crippen molar-refractivity contribution in [3.05, 3.63) is 18.5 Å². The molecule has 1 atom stereocenters. The van der Waals surface area contributed by atoms with E-state index >= 15 is 0 Å². The first kappa shape index (κ1) is 14.6. The Morgan fingerprint density at radius 1 is 1.19 bits per heavy atom. The number of nitrogen functional groups attached to an aromatic ring is 1. The number of nitrogens with two attached hydrogens (primary N) is 1. The van der Waals surface area contributed by atoms with Gasteiger partial charge < -0.3 is 20.9 Å². The first-order chi connectivity index (χ1) is 10.2. The fourth-order valence-corrected chi connectivity index (χ4v) is 3.53. The van der Waals surface area contributed by atoms with Gasteiger partial charge in [-0.3, -0.25) is 4.98 Å². The molecule has 0 bridgehead atoms. The lowest BCUT2D eigenvalue weighted by Gasteiger charge is -2.38. The number of nitrogens with zero attached hydrogens (tertiary/aromatic N) is 3. The van der Waals surface area contributed by atoms with E-state index in [1.807, 2.05) is 12.3 Å². The number of nitrogens with one attached hydrogen (secondary N) is 1. The van der Waals surface area contributed by atoms with Gasteiger partial charge >= 0.3 is 0 Å². The zero-order chi connectivity index (χ0) is 14.7. The number of pyridine rings is 1. The summed E-state index contributed by atoms with van der Waals surface area (Å²) in [5.74, 6) is 0. The molecule has 2 fully saturated rings. The van der Waals surface area contributed by atoms with Crippen molar-refractivity contribution in [3.63, 3.8) is 0 Å². The second-order valence-corrected chi connectivity index (χ2v) is 6.46. The quantitative estimate of drug-likeness (QED) is 0.879. The number of hydrogen-bond donors (Lipinski definition) is 2. The van der Waals surface area contributed by atoms with E-state index in [9.17, 15) is 0 Å². The number of anilines is 2. The summed E-state index contributed by atoms with van der Waals surface area (Å²) in [6, 6.07) is 3.30. The maximum absolute atomic E-state index is 6.07. The average molecular weight is 289 g/mol. The number of rotatable bonds is 3. The molecule has 1 unspecified atom stereocenters. The molecule has 1 aromatic rings. The van der Waals surface area contributed by atoms with Crippen LogP contribution in [0.25, 0.3) is 0 Å². The van der Waals surface area contributed by atoms with Crippen LogP contribution in [0.4, 0.5) is 11.4 Å². The van der Waals surface area contributed by atoms with E-state index in [0.29, 0.717) is 12.1 Å². The third kappa shape index (κ3) is 3.66. The maximum Gasteiger partial charge on any atom is 0.0738 e. The molecule has 116 valence electrons. The monoisotopic (exact) mass is 289 g/mol. The molecule has 5 nitrogen and oxygen atoms in total. The van der Waals surface area contributed by atoms with Gasteiger partial charge in [0, 0.05) is 31.4 Å². The second-order valence-electron chi connectivity index (χ2n) is 6.46. The molecule has 3 N–H and O–H groups in total. The minimum atomic E-state index is 0.583. The zero-order valence-corrected chi connectivity index (χ0v) is 13.0. The van der Waals surface area contributed by atoms with Crippen molar-refractivity contribution in [2.75, 3.05) is 43.9 Å². The van der Waals surface area contributed by atoms with Gasteiger partial charge in [-0.05, 0) is 51.9 Å². The van der Waals surface area contributed by atoms with Crippen LogP contribution in [-0.2, 0) is 0 Å². The third-order valence-electron chi connectivity index (χ3n) is 4.78. The second kappa shape index (κ2) is 6.62. The molecule has 2 saturated heterocycles. The van der Waals surface area contributed by atoms with Crippen LogP contribution in [0.2, 0.25) is 0 Å². The predicted molar refractivity (Wildman–Crippen MR) is 87.5 cm³/mol. The van der Waals surface area contributed by atoms with Crippen molar-refractivity contribution in [1.29, 1.82) is 0 Å². The van der Waals surface area contributed by atoms with Gasteiger partial charge in [0.05, 0.1) is 17.6 Å². The number of likely N-dealkylation sites (tertiary alicyclic amines) is 1. The van der Waals surface area contributed by atoms with Gasteiger partial charge in [0.1, 0.15) is 0 Å². The molecule has 2 aliphatic heterocycles. The summed E-state index contributed by atoms with van der Waals surface area (Å²) in [4.78, 5) is 8.92. The van der Waals surface area contributed by atoms with Crippen molar-refractivity contribution in [3.8, 4) is 0 Å². The van der Waals surface area contributed by atoms with Crippen LogP contribution in [0.15, 0.2) is 18.5 Å². The maximum atomic E-state index is 6.07. The molecule has 5 heteroatoms. The molecule has 0 spiro atoms. The minimum Gasteiger partial charge on any atom is -0.396 e. The lowest BCUT2D eigenvalue weighted by atomic mass is 10.00. The summed E-state index contributed by atoms with van der Waals surface area (Å²) in [6.45, 7) is 4.58. The topological polar surface area (TPSA) is 57.4 Å². The summed E-state index contributed by atoms with van der Waals surface area (Å²) in [5, 5.41) is 3.87. The van der Waals surface area contributed by atoms with E-state index in [2.05, 4.69) is 27.1 Å². The molecule has 0 radical (unpaired) electrons. The summed E-state index contributed by atoms with van der Waals surface area (Å²) in [6.07, 6.45) is 8.62. The summed E-state index contributed by atoms with van der Waals surface area (Å²) < 4.78 is 0. The molecule has 3 rings (SSSR count). The highest BCUT2D eigenvalue weighted by Gasteiger charge is 2.25. The number of piperidine rings is 2. The predicted octanol–water partition coefficient (Wildman–Crippen LogP) is 1.32. The summed E-state index contributed by atoms with van der Waals surface area (Å²) >= 11 is 0. The highest BCUT2D eigenvalue weighted by atomic mass is 15.2. The van der Waals surface area contributed by atoms with E-state index in [4.69, 9.17) is 5.73 Å². The fraction of sp³-hybridized carbons (Fsp3) is 0.688. The van der Waals surface area contributed by atoms with Crippen LogP contribution >= 0.6 is 0 Å². The SMILES string of the molecule is CN1CCC(NC2CCCN(c3ccncc3N)C2)CC1. The Labute approximate surface area is 127 Å². The van der Waals surface area contributed by atoms with Gasteiger partial charge in [-0.15, -0.1) is 0 Å². The van der Waals surface area contributed by atoms with E-state index < -0.39 is 0 Å². The van der Waals surface area contributed by atoms with Crippen LogP contribution in [-0.4, -0.2) is 55.2 Å². The van der Waals surface area contributed by atoms with Crippen molar-refractivity contribution >= 4 is 11.4 Å². The van der Waals surface area contributed by atoms with Gasteiger partial charge in [0.25, 0.3) is 0 Å². The van der Waals surface area contributed by atoms with Crippen LogP contribution < -0.4 is 16.0 Å². The molecule has 1 aromatic heterocycles. The first-order valence-electron chi connectivity index (χ1n) is 8.11. The van der Waals surface area contributed by atoms with E-state index in [0.717, 1.165) is 24.5 Å². The standard InChI is InChI=1S/C16H27N5/c1-20-9-5-13(6-10-20)19-14-3-2-8-21(12-14)16-4-7-18-11-15(16)17/h4,7,11,13-14,19H,2-3,5-6,8-10,12,17H2,1H3. The fourth-order valence-electron chi connectivity index (χ4n) is 3.53.